The monoisotopic (exact) mass is 249 g/mol. The molecule has 17 heavy (non-hydrogen) atoms. The minimum Gasteiger partial charge on any atom is -0.351 e. The zero-order valence-corrected chi connectivity index (χ0v) is 10.6. The van der Waals surface area contributed by atoms with E-state index in [0.717, 1.165) is 23.7 Å². The van der Waals surface area contributed by atoms with Crippen LogP contribution in [-0.2, 0) is 0 Å². The van der Waals surface area contributed by atoms with Gasteiger partial charge in [0.1, 0.15) is 0 Å². The van der Waals surface area contributed by atoms with Crippen LogP contribution in [0.3, 0.4) is 0 Å². The quantitative estimate of drug-likeness (QED) is 0.825. The number of hydrogen-bond donors (Lipinski definition) is 1. The first-order valence-electron chi connectivity index (χ1n) is 5.87. The molecule has 1 heterocycles. The maximum atomic E-state index is 5.76. The van der Waals surface area contributed by atoms with Gasteiger partial charge in [-0.2, -0.15) is 0 Å². The van der Waals surface area contributed by atoms with Gasteiger partial charge in [0.15, 0.2) is 0 Å². The number of fused-ring (bicyclic) bond motifs is 1. The summed E-state index contributed by atoms with van der Waals surface area (Å²) in [6, 6.07) is 8.31. The summed E-state index contributed by atoms with van der Waals surface area (Å²) in [5, 5.41) is 4.37. The number of nitrogens with zero attached hydrogens (tertiary/aromatic N) is 2. The molecule has 90 valence electrons. The van der Waals surface area contributed by atoms with Crippen molar-refractivity contribution in [1.82, 2.24) is 9.97 Å². The van der Waals surface area contributed by atoms with Crippen LogP contribution in [0.25, 0.3) is 10.9 Å². The van der Waals surface area contributed by atoms with Crippen LogP contribution < -0.4 is 5.32 Å². The Hall–Kier alpha value is -1.35. The molecule has 1 aromatic carbocycles. The highest BCUT2D eigenvalue weighted by molar-refractivity contribution is 6.17. The summed E-state index contributed by atoms with van der Waals surface area (Å²) in [6.45, 7) is 2.13. The first-order valence-corrected chi connectivity index (χ1v) is 6.41. The van der Waals surface area contributed by atoms with Crippen LogP contribution in [0.1, 0.15) is 19.8 Å². The molecule has 0 aliphatic carbocycles. The van der Waals surface area contributed by atoms with Crippen LogP contribution >= 0.6 is 11.6 Å². The van der Waals surface area contributed by atoms with E-state index in [0.29, 0.717) is 17.9 Å². The normalized spacial score (nSPS) is 12.6. The average molecular weight is 250 g/mol. The molecule has 2 aromatic rings. The molecule has 0 bridgehead atoms. The van der Waals surface area contributed by atoms with Gasteiger partial charge in [0.2, 0.25) is 5.95 Å². The second-order valence-corrected chi connectivity index (χ2v) is 4.36. The molecule has 0 amide bonds. The van der Waals surface area contributed by atoms with Crippen LogP contribution in [-0.4, -0.2) is 21.9 Å². The lowest BCUT2D eigenvalue weighted by Gasteiger charge is -2.15. The van der Waals surface area contributed by atoms with E-state index in [-0.39, 0.29) is 0 Å². The van der Waals surface area contributed by atoms with Crippen LogP contribution in [0.2, 0.25) is 0 Å². The Balaban J connectivity index is 2.18. The predicted octanol–water partition coefficient (Wildman–Crippen LogP) is 3.45. The number of anilines is 1. The number of nitrogens with one attached hydrogen (secondary N) is 1. The Labute approximate surface area is 106 Å². The van der Waals surface area contributed by atoms with Crippen molar-refractivity contribution in [2.24, 2.45) is 0 Å². The summed E-state index contributed by atoms with van der Waals surface area (Å²) >= 11 is 5.76. The lowest BCUT2D eigenvalue weighted by atomic mass is 10.2. The second-order valence-electron chi connectivity index (χ2n) is 3.98. The summed E-state index contributed by atoms with van der Waals surface area (Å²) in [5.41, 5.74) is 0.964. The predicted molar refractivity (Wildman–Crippen MR) is 72.6 cm³/mol. The molecule has 0 aliphatic rings. The van der Waals surface area contributed by atoms with Crippen molar-refractivity contribution in [1.29, 1.82) is 0 Å². The number of alkyl halides is 1. The topological polar surface area (TPSA) is 37.8 Å². The molecule has 0 spiro atoms. The Bertz CT molecular complexity index is 487. The number of halogens is 1. The lowest BCUT2D eigenvalue weighted by Crippen LogP contribution is -2.20. The summed E-state index contributed by atoms with van der Waals surface area (Å²) in [5.74, 6) is 1.33. The van der Waals surface area contributed by atoms with Crippen LogP contribution in [0.4, 0.5) is 5.95 Å². The van der Waals surface area contributed by atoms with Gasteiger partial charge in [-0.05, 0) is 18.9 Å². The number of para-hydroxylation sites is 1. The number of aromatic nitrogens is 2. The van der Waals surface area contributed by atoms with E-state index in [9.17, 15) is 0 Å². The fourth-order valence-electron chi connectivity index (χ4n) is 1.73. The van der Waals surface area contributed by atoms with Crippen molar-refractivity contribution in [2.75, 3.05) is 11.2 Å². The molecule has 0 saturated heterocycles. The largest absolute Gasteiger partial charge is 0.351 e. The number of hydrogen-bond acceptors (Lipinski definition) is 3. The molecule has 2 rings (SSSR count). The maximum absolute atomic E-state index is 5.76. The number of benzene rings is 1. The summed E-state index contributed by atoms with van der Waals surface area (Å²) in [6.07, 6.45) is 3.79. The lowest BCUT2D eigenvalue weighted by molar-refractivity contribution is 0.668. The molecule has 0 saturated carbocycles. The fraction of sp³-hybridized carbons (Fsp3) is 0.385. The van der Waals surface area contributed by atoms with E-state index in [1.54, 1.807) is 0 Å². The zero-order chi connectivity index (χ0) is 12.1. The molecule has 3 nitrogen and oxygen atoms in total. The van der Waals surface area contributed by atoms with E-state index < -0.39 is 0 Å². The van der Waals surface area contributed by atoms with E-state index in [4.69, 9.17) is 11.6 Å². The molecule has 1 atom stereocenters. The summed E-state index contributed by atoms with van der Waals surface area (Å²) in [7, 11) is 0. The van der Waals surface area contributed by atoms with Crippen molar-refractivity contribution >= 4 is 28.5 Å². The highest BCUT2D eigenvalue weighted by atomic mass is 35.5. The molecule has 1 N–H and O–H groups in total. The van der Waals surface area contributed by atoms with Gasteiger partial charge < -0.3 is 5.32 Å². The van der Waals surface area contributed by atoms with Gasteiger partial charge in [0.25, 0.3) is 0 Å². The highest BCUT2D eigenvalue weighted by Crippen LogP contribution is 2.13. The van der Waals surface area contributed by atoms with E-state index in [2.05, 4.69) is 22.2 Å². The van der Waals surface area contributed by atoms with Crippen molar-refractivity contribution in [2.45, 2.75) is 25.8 Å². The SMILES string of the molecule is CCC(CCCl)Nc1ncc2ccccc2n1. The van der Waals surface area contributed by atoms with E-state index >= 15 is 0 Å². The van der Waals surface area contributed by atoms with Crippen molar-refractivity contribution in [3.8, 4) is 0 Å². The average Bonchev–Trinajstić information content (AvgIpc) is 2.38. The third-order valence-electron chi connectivity index (χ3n) is 2.77. The first-order chi connectivity index (χ1) is 8.33. The third-order valence-corrected chi connectivity index (χ3v) is 2.99. The van der Waals surface area contributed by atoms with E-state index in [1.807, 2.05) is 30.5 Å². The molecule has 4 heteroatoms. The molecular formula is C13H16ClN3. The summed E-state index contributed by atoms with van der Waals surface area (Å²) in [4.78, 5) is 8.79. The minimum absolute atomic E-state index is 0.341. The molecule has 0 radical (unpaired) electrons. The molecular weight excluding hydrogens is 234 g/mol. The van der Waals surface area contributed by atoms with Crippen molar-refractivity contribution < 1.29 is 0 Å². The van der Waals surface area contributed by atoms with Gasteiger partial charge >= 0.3 is 0 Å². The van der Waals surface area contributed by atoms with Gasteiger partial charge in [-0.25, -0.2) is 9.97 Å². The van der Waals surface area contributed by atoms with Crippen molar-refractivity contribution in [3.63, 3.8) is 0 Å². The summed E-state index contributed by atoms with van der Waals surface area (Å²) < 4.78 is 0. The Morgan fingerprint density at radius 1 is 1.35 bits per heavy atom. The zero-order valence-electron chi connectivity index (χ0n) is 9.86. The van der Waals surface area contributed by atoms with Gasteiger partial charge in [0.05, 0.1) is 5.52 Å². The van der Waals surface area contributed by atoms with Gasteiger partial charge in [-0.15, -0.1) is 11.6 Å². The van der Waals surface area contributed by atoms with Crippen molar-refractivity contribution in [3.05, 3.63) is 30.5 Å². The number of rotatable bonds is 5. The maximum Gasteiger partial charge on any atom is 0.223 e. The molecule has 0 aliphatic heterocycles. The van der Waals surface area contributed by atoms with Gasteiger partial charge in [0, 0.05) is 23.5 Å². The third kappa shape index (κ3) is 3.07. The Morgan fingerprint density at radius 2 is 2.18 bits per heavy atom. The fourth-order valence-corrected chi connectivity index (χ4v) is 2.00. The second kappa shape index (κ2) is 5.82. The molecule has 1 unspecified atom stereocenters. The highest BCUT2D eigenvalue weighted by Gasteiger charge is 2.07. The standard InChI is InChI=1S/C13H16ClN3/c1-2-11(7-8-14)16-13-15-9-10-5-3-4-6-12(10)17-13/h3-6,9,11H,2,7-8H2,1H3,(H,15,16,17). The smallest absolute Gasteiger partial charge is 0.223 e. The molecule has 0 fully saturated rings. The Morgan fingerprint density at radius 3 is 2.94 bits per heavy atom. The molecule has 1 aromatic heterocycles. The van der Waals surface area contributed by atoms with Crippen LogP contribution in [0, 0.1) is 0 Å². The van der Waals surface area contributed by atoms with Crippen LogP contribution in [0.5, 0.6) is 0 Å². The minimum atomic E-state index is 0.341. The van der Waals surface area contributed by atoms with Crippen LogP contribution in [0.15, 0.2) is 30.5 Å². The van der Waals surface area contributed by atoms with Gasteiger partial charge in [-0.3, -0.25) is 0 Å². The first kappa shape index (κ1) is 12.1. The Kier molecular flexibility index (Phi) is 4.15. The van der Waals surface area contributed by atoms with E-state index in [1.165, 1.54) is 0 Å². The van der Waals surface area contributed by atoms with Gasteiger partial charge in [-0.1, -0.05) is 25.1 Å².